The van der Waals surface area contributed by atoms with Crippen LogP contribution >= 0.6 is 0 Å². The van der Waals surface area contributed by atoms with Crippen LogP contribution in [0.15, 0.2) is 4.52 Å². The van der Waals surface area contributed by atoms with Crippen LogP contribution in [-0.4, -0.2) is 10.1 Å². The number of hydrogen-bond acceptors (Lipinski definition) is 4. The van der Waals surface area contributed by atoms with E-state index in [-0.39, 0.29) is 0 Å². The fourth-order valence-electron chi connectivity index (χ4n) is 1.39. The molecule has 1 rings (SSSR count). The first kappa shape index (κ1) is 10.2. The Morgan fingerprint density at radius 3 is 2.54 bits per heavy atom. The Morgan fingerprint density at radius 2 is 2.15 bits per heavy atom. The van der Waals surface area contributed by atoms with Crippen molar-refractivity contribution in [3.8, 4) is 0 Å². The molecule has 1 aromatic heterocycles. The number of aryl methyl sites for hydroxylation is 1. The van der Waals surface area contributed by atoms with E-state index in [1.165, 1.54) is 0 Å². The summed E-state index contributed by atoms with van der Waals surface area (Å²) in [5.41, 5.74) is 5.75. The van der Waals surface area contributed by atoms with E-state index >= 15 is 0 Å². The SMILES string of the molecule is CCCC(N)(CC)c1noc(C)n1. The van der Waals surface area contributed by atoms with Crippen LogP contribution in [0.5, 0.6) is 0 Å². The zero-order valence-corrected chi connectivity index (χ0v) is 8.50. The molecule has 1 heterocycles. The molecule has 0 bridgehead atoms. The molecule has 4 nitrogen and oxygen atoms in total. The highest BCUT2D eigenvalue weighted by Crippen LogP contribution is 2.24. The summed E-state index contributed by atoms with van der Waals surface area (Å²) >= 11 is 0. The highest BCUT2D eigenvalue weighted by molar-refractivity contribution is 5.02. The molecule has 0 aliphatic heterocycles. The Kier molecular flexibility index (Phi) is 3.03. The second-order valence-electron chi connectivity index (χ2n) is 3.40. The van der Waals surface area contributed by atoms with E-state index in [0.29, 0.717) is 11.7 Å². The van der Waals surface area contributed by atoms with Crippen LogP contribution in [0.3, 0.4) is 0 Å². The van der Waals surface area contributed by atoms with Crippen molar-refractivity contribution < 1.29 is 4.52 Å². The van der Waals surface area contributed by atoms with Crippen LogP contribution < -0.4 is 5.73 Å². The van der Waals surface area contributed by atoms with Gasteiger partial charge in [-0.25, -0.2) is 0 Å². The minimum Gasteiger partial charge on any atom is -0.340 e. The summed E-state index contributed by atoms with van der Waals surface area (Å²) in [4.78, 5) is 4.17. The highest BCUT2D eigenvalue weighted by Gasteiger charge is 2.29. The standard InChI is InChI=1S/C9H17N3O/c1-4-6-9(10,5-2)8-11-7(3)13-12-8/h4-6,10H2,1-3H3. The number of hydrogen-bond donors (Lipinski definition) is 1. The molecule has 0 saturated heterocycles. The first-order valence-corrected chi connectivity index (χ1v) is 4.72. The lowest BCUT2D eigenvalue weighted by Crippen LogP contribution is -2.37. The maximum Gasteiger partial charge on any atom is 0.223 e. The Balaban J connectivity index is 2.88. The largest absolute Gasteiger partial charge is 0.340 e. The molecule has 0 radical (unpaired) electrons. The average Bonchev–Trinajstić information content (AvgIpc) is 2.52. The van der Waals surface area contributed by atoms with Gasteiger partial charge in [0.1, 0.15) is 0 Å². The van der Waals surface area contributed by atoms with Crippen LogP contribution in [0.4, 0.5) is 0 Å². The zero-order chi connectivity index (χ0) is 9.90. The van der Waals surface area contributed by atoms with Gasteiger partial charge in [0, 0.05) is 6.92 Å². The van der Waals surface area contributed by atoms with E-state index in [9.17, 15) is 0 Å². The predicted octanol–water partition coefficient (Wildman–Crippen LogP) is 1.74. The van der Waals surface area contributed by atoms with Crippen LogP contribution in [0.2, 0.25) is 0 Å². The van der Waals surface area contributed by atoms with Crippen LogP contribution in [0.25, 0.3) is 0 Å². The van der Waals surface area contributed by atoms with Gasteiger partial charge in [-0.15, -0.1) is 0 Å². The molecule has 2 N–H and O–H groups in total. The lowest BCUT2D eigenvalue weighted by atomic mass is 9.91. The summed E-state index contributed by atoms with van der Waals surface area (Å²) in [5.74, 6) is 1.21. The predicted molar refractivity (Wildman–Crippen MR) is 50.1 cm³/mol. The van der Waals surface area contributed by atoms with Crippen molar-refractivity contribution in [2.24, 2.45) is 5.73 Å². The summed E-state index contributed by atoms with van der Waals surface area (Å²) in [6.07, 6.45) is 2.75. The van der Waals surface area contributed by atoms with Crippen molar-refractivity contribution in [2.45, 2.75) is 45.6 Å². The lowest BCUT2D eigenvalue weighted by Gasteiger charge is -2.23. The van der Waals surface area contributed by atoms with Gasteiger partial charge < -0.3 is 10.3 Å². The van der Waals surface area contributed by atoms with Crippen molar-refractivity contribution in [3.63, 3.8) is 0 Å². The molecule has 1 aromatic rings. The second-order valence-corrected chi connectivity index (χ2v) is 3.40. The van der Waals surface area contributed by atoms with E-state index in [4.69, 9.17) is 10.3 Å². The number of nitrogens with zero attached hydrogens (tertiary/aromatic N) is 2. The van der Waals surface area contributed by atoms with Gasteiger partial charge in [-0.3, -0.25) is 0 Å². The maximum absolute atomic E-state index is 6.16. The normalized spacial score (nSPS) is 15.7. The minimum atomic E-state index is -0.410. The first-order chi connectivity index (χ1) is 6.12. The third-order valence-corrected chi connectivity index (χ3v) is 2.30. The van der Waals surface area contributed by atoms with Crippen molar-refractivity contribution in [1.82, 2.24) is 10.1 Å². The lowest BCUT2D eigenvalue weighted by molar-refractivity contribution is 0.330. The Morgan fingerprint density at radius 1 is 1.46 bits per heavy atom. The molecule has 1 unspecified atom stereocenters. The van der Waals surface area contributed by atoms with Gasteiger partial charge in [0.25, 0.3) is 0 Å². The highest BCUT2D eigenvalue weighted by atomic mass is 16.5. The fourth-order valence-corrected chi connectivity index (χ4v) is 1.39. The van der Waals surface area contributed by atoms with E-state index in [1.54, 1.807) is 6.92 Å². The molecule has 4 heteroatoms. The van der Waals surface area contributed by atoms with Gasteiger partial charge in [0.2, 0.25) is 5.89 Å². The summed E-state index contributed by atoms with van der Waals surface area (Å²) in [7, 11) is 0. The summed E-state index contributed by atoms with van der Waals surface area (Å²) in [6, 6.07) is 0. The Bertz CT molecular complexity index is 272. The van der Waals surface area contributed by atoms with Crippen LogP contribution in [0, 0.1) is 6.92 Å². The number of aromatic nitrogens is 2. The Hall–Kier alpha value is -0.900. The van der Waals surface area contributed by atoms with E-state index < -0.39 is 5.54 Å². The van der Waals surface area contributed by atoms with Gasteiger partial charge in [-0.2, -0.15) is 4.98 Å². The molecule has 74 valence electrons. The molecule has 1 atom stereocenters. The second kappa shape index (κ2) is 3.87. The molecule has 0 spiro atoms. The van der Waals surface area contributed by atoms with Gasteiger partial charge in [0.05, 0.1) is 5.54 Å². The third kappa shape index (κ3) is 2.06. The Labute approximate surface area is 78.5 Å². The fraction of sp³-hybridized carbons (Fsp3) is 0.778. The molecule has 0 saturated carbocycles. The topological polar surface area (TPSA) is 64.9 Å². The average molecular weight is 183 g/mol. The first-order valence-electron chi connectivity index (χ1n) is 4.72. The summed E-state index contributed by atoms with van der Waals surface area (Å²) in [5, 5.41) is 3.87. The van der Waals surface area contributed by atoms with Gasteiger partial charge in [0.15, 0.2) is 5.82 Å². The van der Waals surface area contributed by atoms with Crippen LogP contribution in [0.1, 0.15) is 44.8 Å². The smallest absolute Gasteiger partial charge is 0.223 e. The monoisotopic (exact) mass is 183 g/mol. The zero-order valence-electron chi connectivity index (χ0n) is 8.50. The van der Waals surface area contributed by atoms with E-state index in [0.717, 1.165) is 19.3 Å². The molecule has 0 amide bonds. The van der Waals surface area contributed by atoms with E-state index in [1.807, 2.05) is 6.92 Å². The van der Waals surface area contributed by atoms with Crippen molar-refractivity contribution in [2.75, 3.05) is 0 Å². The van der Waals surface area contributed by atoms with Crippen molar-refractivity contribution in [1.29, 1.82) is 0 Å². The maximum atomic E-state index is 6.16. The molecule has 0 fully saturated rings. The van der Waals surface area contributed by atoms with E-state index in [2.05, 4.69) is 17.1 Å². The molecular weight excluding hydrogens is 166 g/mol. The number of rotatable bonds is 4. The van der Waals surface area contributed by atoms with Crippen molar-refractivity contribution >= 4 is 0 Å². The molecule has 0 aromatic carbocycles. The molecule has 0 aliphatic rings. The molecule has 0 aliphatic carbocycles. The van der Waals surface area contributed by atoms with Gasteiger partial charge >= 0.3 is 0 Å². The third-order valence-electron chi connectivity index (χ3n) is 2.30. The minimum absolute atomic E-state index is 0.410. The van der Waals surface area contributed by atoms with Crippen molar-refractivity contribution in [3.05, 3.63) is 11.7 Å². The van der Waals surface area contributed by atoms with Gasteiger partial charge in [-0.1, -0.05) is 25.4 Å². The summed E-state index contributed by atoms with van der Waals surface area (Å²) in [6.45, 7) is 5.92. The summed E-state index contributed by atoms with van der Waals surface area (Å²) < 4.78 is 4.92. The quantitative estimate of drug-likeness (QED) is 0.772. The van der Waals surface area contributed by atoms with Crippen LogP contribution in [-0.2, 0) is 5.54 Å². The van der Waals surface area contributed by atoms with Gasteiger partial charge in [-0.05, 0) is 12.8 Å². The molecular formula is C9H17N3O. The number of nitrogens with two attached hydrogens (primary N) is 1. The molecule has 13 heavy (non-hydrogen) atoms.